The number of ether oxygens (including phenoxy) is 3. The Morgan fingerprint density at radius 2 is 1.93 bits per heavy atom. The number of carbonyl (C=O) groups excluding carboxylic acids is 1. The first-order valence-electron chi connectivity index (χ1n) is 10.4. The van der Waals surface area contributed by atoms with Gasteiger partial charge in [0.25, 0.3) is 5.91 Å². The molecule has 0 bridgehead atoms. The van der Waals surface area contributed by atoms with Gasteiger partial charge >= 0.3 is 0 Å². The molecule has 162 valence electrons. The van der Waals surface area contributed by atoms with E-state index in [4.69, 9.17) is 14.2 Å². The molecule has 0 aliphatic carbocycles. The minimum absolute atomic E-state index is 0.0173. The second-order valence-electron chi connectivity index (χ2n) is 7.93. The summed E-state index contributed by atoms with van der Waals surface area (Å²) >= 11 is 0. The standard InChI is InChI=1S/C24H32N2O4/c1-25(2)24(27)17-30-22-12-11-18(21-9-5-6-10-23(21)28-4)14-19(22)15-26(3)16-20-8-7-13-29-20/h5-6,9-12,14,20H,7-8,13,15-17H2,1-4H3. The molecule has 1 fully saturated rings. The highest BCUT2D eigenvalue weighted by Crippen LogP contribution is 2.33. The third kappa shape index (κ3) is 5.74. The van der Waals surface area contributed by atoms with Gasteiger partial charge < -0.3 is 19.1 Å². The first-order chi connectivity index (χ1) is 14.5. The fourth-order valence-corrected chi connectivity index (χ4v) is 3.65. The maximum absolute atomic E-state index is 12.0. The Morgan fingerprint density at radius 3 is 2.63 bits per heavy atom. The van der Waals surface area contributed by atoms with E-state index in [1.807, 2.05) is 36.4 Å². The van der Waals surface area contributed by atoms with E-state index in [0.717, 1.165) is 54.2 Å². The molecule has 0 saturated carbocycles. The summed E-state index contributed by atoms with van der Waals surface area (Å²) in [7, 11) is 7.23. The van der Waals surface area contributed by atoms with Gasteiger partial charge in [0, 0.05) is 44.9 Å². The lowest BCUT2D eigenvalue weighted by atomic mass is 10.0. The number of methoxy groups -OCH3 is 1. The highest BCUT2D eigenvalue weighted by atomic mass is 16.5. The molecule has 6 nitrogen and oxygen atoms in total. The molecule has 1 aliphatic rings. The number of likely N-dealkylation sites (N-methyl/N-ethyl adjacent to an activating group) is 2. The topological polar surface area (TPSA) is 51.2 Å². The van der Waals surface area contributed by atoms with Gasteiger partial charge in [-0.05, 0) is 43.7 Å². The number of hydrogen-bond acceptors (Lipinski definition) is 5. The van der Waals surface area contributed by atoms with Crippen molar-refractivity contribution in [2.45, 2.75) is 25.5 Å². The maximum atomic E-state index is 12.0. The lowest BCUT2D eigenvalue weighted by molar-refractivity contribution is -0.130. The van der Waals surface area contributed by atoms with Crippen LogP contribution in [0.5, 0.6) is 11.5 Å². The van der Waals surface area contributed by atoms with Gasteiger partial charge in [0.2, 0.25) is 0 Å². The molecule has 1 saturated heterocycles. The number of benzene rings is 2. The molecule has 0 radical (unpaired) electrons. The average Bonchev–Trinajstić information content (AvgIpc) is 3.25. The fourth-order valence-electron chi connectivity index (χ4n) is 3.65. The number of para-hydroxylation sites is 1. The monoisotopic (exact) mass is 412 g/mol. The highest BCUT2D eigenvalue weighted by molar-refractivity contribution is 5.77. The molecule has 1 aliphatic heterocycles. The summed E-state index contributed by atoms with van der Waals surface area (Å²) in [5.74, 6) is 1.48. The average molecular weight is 413 g/mol. The Morgan fingerprint density at radius 1 is 1.13 bits per heavy atom. The molecule has 3 rings (SSSR count). The molecule has 6 heteroatoms. The van der Waals surface area contributed by atoms with Crippen molar-refractivity contribution in [3.05, 3.63) is 48.0 Å². The number of rotatable bonds is 9. The van der Waals surface area contributed by atoms with Crippen LogP contribution in [0.3, 0.4) is 0 Å². The van der Waals surface area contributed by atoms with E-state index in [1.54, 1.807) is 21.2 Å². The molecule has 0 N–H and O–H groups in total. The van der Waals surface area contributed by atoms with Gasteiger partial charge in [0.05, 0.1) is 13.2 Å². The van der Waals surface area contributed by atoms with Gasteiger partial charge in [-0.2, -0.15) is 0 Å². The molecule has 1 amide bonds. The molecular formula is C24H32N2O4. The Hall–Kier alpha value is -2.57. The minimum Gasteiger partial charge on any atom is -0.496 e. The smallest absolute Gasteiger partial charge is 0.259 e. The zero-order valence-corrected chi connectivity index (χ0v) is 18.4. The predicted molar refractivity (Wildman–Crippen MR) is 118 cm³/mol. The maximum Gasteiger partial charge on any atom is 0.259 e. The molecule has 1 heterocycles. The molecule has 2 aromatic carbocycles. The largest absolute Gasteiger partial charge is 0.496 e. The van der Waals surface area contributed by atoms with Crippen LogP contribution >= 0.6 is 0 Å². The lowest BCUT2D eigenvalue weighted by Gasteiger charge is -2.23. The van der Waals surface area contributed by atoms with E-state index in [-0.39, 0.29) is 18.6 Å². The van der Waals surface area contributed by atoms with Gasteiger partial charge in [0.15, 0.2) is 6.61 Å². The van der Waals surface area contributed by atoms with Gasteiger partial charge in [-0.15, -0.1) is 0 Å². The minimum atomic E-state index is -0.0672. The van der Waals surface area contributed by atoms with Crippen molar-refractivity contribution < 1.29 is 19.0 Å². The predicted octanol–water partition coefficient (Wildman–Crippen LogP) is 3.44. The lowest BCUT2D eigenvalue weighted by Crippen LogP contribution is -2.29. The number of amides is 1. The van der Waals surface area contributed by atoms with Crippen LogP contribution in [0.15, 0.2) is 42.5 Å². The summed E-state index contributed by atoms with van der Waals surface area (Å²) in [4.78, 5) is 15.8. The normalized spacial score (nSPS) is 16.0. The zero-order chi connectivity index (χ0) is 21.5. The van der Waals surface area contributed by atoms with Crippen molar-refractivity contribution in [1.82, 2.24) is 9.80 Å². The van der Waals surface area contributed by atoms with E-state index in [0.29, 0.717) is 6.54 Å². The van der Waals surface area contributed by atoms with Crippen molar-refractivity contribution in [3.63, 3.8) is 0 Å². The van der Waals surface area contributed by atoms with E-state index in [2.05, 4.69) is 18.0 Å². The highest BCUT2D eigenvalue weighted by Gasteiger charge is 2.19. The number of nitrogens with zero attached hydrogens (tertiary/aromatic N) is 2. The molecule has 1 unspecified atom stereocenters. The summed E-state index contributed by atoms with van der Waals surface area (Å²) in [6, 6.07) is 14.0. The van der Waals surface area contributed by atoms with Crippen molar-refractivity contribution in [2.75, 3.05) is 48.0 Å². The third-order valence-electron chi connectivity index (χ3n) is 5.31. The second kappa shape index (κ2) is 10.5. The quantitative estimate of drug-likeness (QED) is 0.632. The van der Waals surface area contributed by atoms with Crippen molar-refractivity contribution >= 4 is 5.91 Å². The third-order valence-corrected chi connectivity index (χ3v) is 5.31. The number of carbonyl (C=O) groups is 1. The molecule has 0 spiro atoms. The summed E-state index contributed by atoms with van der Waals surface area (Å²) in [6.45, 7) is 2.44. The molecule has 1 atom stereocenters. The molecular weight excluding hydrogens is 380 g/mol. The SMILES string of the molecule is COc1ccccc1-c1ccc(OCC(=O)N(C)C)c(CN(C)CC2CCCO2)c1. The van der Waals surface area contributed by atoms with Crippen molar-refractivity contribution in [2.24, 2.45) is 0 Å². The van der Waals surface area contributed by atoms with Crippen LogP contribution < -0.4 is 9.47 Å². The molecule has 0 aromatic heterocycles. The van der Waals surface area contributed by atoms with Crippen LogP contribution in [-0.4, -0.2) is 69.8 Å². The van der Waals surface area contributed by atoms with Crippen LogP contribution in [0.4, 0.5) is 0 Å². The number of hydrogen-bond donors (Lipinski definition) is 0. The Kier molecular flexibility index (Phi) is 7.71. The zero-order valence-electron chi connectivity index (χ0n) is 18.4. The second-order valence-corrected chi connectivity index (χ2v) is 7.93. The summed E-state index contributed by atoms with van der Waals surface area (Å²) in [5, 5.41) is 0. The summed E-state index contributed by atoms with van der Waals surface area (Å²) in [6.07, 6.45) is 2.52. The van der Waals surface area contributed by atoms with Crippen molar-refractivity contribution in [3.8, 4) is 22.6 Å². The Balaban J connectivity index is 1.84. The van der Waals surface area contributed by atoms with Crippen molar-refractivity contribution in [1.29, 1.82) is 0 Å². The van der Waals surface area contributed by atoms with Gasteiger partial charge in [-0.1, -0.05) is 24.3 Å². The summed E-state index contributed by atoms with van der Waals surface area (Å²) in [5.41, 5.74) is 3.11. The first kappa shape index (κ1) is 22.1. The van der Waals surface area contributed by atoms with Crippen LogP contribution in [-0.2, 0) is 16.1 Å². The first-order valence-corrected chi connectivity index (χ1v) is 10.4. The van der Waals surface area contributed by atoms with E-state index in [9.17, 15) is 4.79 Å². The molecule has 30 heavy (non-hydrogen) atoms. The van der Waals surface area contributed by atoms with Crippen LogP contribution in [0, 0.1) is 0 Å². The van der Waals surface area contributed by atoms with E-state index < -0.39 is 0 Å². The van der Waals surface area contributed by atoms with Gasteiger partial charge in [-0.3, -0.25) is 9.69 Å². The van der Waals surface area contributed by atoms with E-state index >= 15 is 0 Å². The molecule has 2 aromatic rings. The van der Waals surface area contributed by atoms with Gasteiger partial charge in [0.1, 0.15) is 11.5 Å². The van der Waals surface area contributed by atoms with Crippen LogP contribution in [0.2, 0.25) is 0 Å². The fraction of sp³-hybridized carbons (Fsp3) is 0.458. The van der Waals surface area contributed by atoms with E-state index in [1.165, 1.54) is 4.90 Å². The Labute approximate surface area is 179 Å². The van der Waals surface area contributed by atoms with Crippen LogP contribution in [0.1, 0.15) is 18.4 Å². The van der Waals surface area contributed by atoms with Crippen LogP contribution in [0.25, 0.3) is 11.1 Å². The Bertz CT molecular complexity index is 847. The van der Waals surface area contributed by atoms with Gasteiger partial charge in [-0.25, -0.2) is 0 Å². The summed E-state index contributed by atoms with van der Waals surface area (Å²) < 4.78 is 17.2.